The molecule has 0 fully saturated rings. The molecule has 1 atom stereocenters. The van der Waals surface area contributed by atoms with Gasteiger partial charge in [-0.15, -0.1) is 0 Å². The molecule has 0 spiro atoms. The van der Waals surface area contributed by atoms with Crippen molar-refractivity contribution in [3.05, 3.63) is 24.3 Å². The smallest absolute Gasteiger partial charge is 0.227 e. The molecule has 1 aromatic carbocycles. The predicted octanol–water partition coefficient (Wildman–Crippen LogP) is 2.73. The largest absolute Gasteiger partial charge is 0.486 e. The Balaban J connectivity index is 2.61. The highest BCUT2D eigenvalue weighted by molar-refractivity contribution is 7.80. The Hall–Kier alpha value is -1.62. The van der Waals surface area contributed by atoms with E-state index < -0.39 is 0 Å². The molecule has 0 aliphatic rings. The third-order valence-corrected chi connectivity index (χ3v) is 2.77. The van der Waals surface area contributed by atoms with Gasteiger partial charge in [0.15, 0.2) is 0 Å². The lowest BCUT2D eigenvalue weighted by molar-refractivity contribution is -0.119. The fourth-order valence-corrected chi connectivity index (χ4v) is 1.71. The molecular formula is C14H20N2O2S. The molecule has 0 bridgehead atoms. The van der Waals surface area contributed by atoms with Crippen molar-refractivity contribution in [2.45, 2.75) is 26.7 Å². The Labute approximate surface area is 119 Å². The van der Waals surface area contributed by atoms with Gasteiger partial charge in [0.25, 0.3) is 0 Å². The molecule has 0 saturated carbocycles. The molecule has 4 nitrogen and oxygen atoms in total. The molecule has 1 rings (SSSR count). The van der Waals surface area contributed by atoms with Crippen molar-refractivity contribution in [2.75, 3.05) is 11.9 Å². The highest BCUT2D eigenvalue weighted by Crippen LogP contribution is 2.18. The van der Waals surface area contributed by atoms with Crippen LogP contribution in [0.1, 0.15) is 26.7 Å². The molecule has 1 amide bonds. The number of nitrogens with two attached hydrogens (primary N) is 1. The van der Waals surface area contributed by atoms with E-state index in [-0.39, 0.29) is 18.4 Å². The Kier molecular flexibility index (Phi) is 6.29. The molecule has 0 radical (unpaired) electrons. The van der Waals surface area contributed by atoms with Crippen LogP contribution in [0.5, 0.6) is 5.75 Å². The normalized spacial score (nSPS) is 11.7. The number of thiocarbonyl (C=S) groups is 1. The fraction of sp³-hybridized carbons (Fsp3) is 0.429. The fourth-order valence-electron chi connectivity index (χ4n) is 1.65. The van der Waals surface area contributed by atoms with Crippen LogP contribution < -0.4 is 15.8 Å². The van der Waals surface area contributed by atoms with Crippen molar-refractivity contribution in [3.63, 3.8) is 0 Å². The first-order valence-electron chi connectivity index (χ1n) is 6.35. The minimum Gasteiger partial charge on any atom is -0.486 e. The van der Waals surface area contributed by atoms with Crippen LogP contribution in [0.25, 0.3) is 0 Å². The summed E-state index contributed by atoms with van der Waals surface area (Å²) in [5.41, 5.74) is 6.08. The van der Waals surface area contributed by atoms with Crippen molar-refractivity contribution in [3.8, 4) is 5.75 Å². The van der Waals surface area contributed by atoms with Gasteiger partial charge in [-0.25, -0.2) is 0 Å². The Morgan fingerprint density at radius 3 is 2.89 bits per heavy atom. The van der Waals surface area contributed by atoms with Crippen molar-refractivity contribution in [1.29, 1.82) is 0 Å². The lowest BCUT2D eigenvalue weighted by Gasteiger charge is -2.12. The molecule has 0 saturated heterocycles. The number of carbonyl (C=O) groups is 1. The van der Waals surface area contributed by atoms with Gasteiger partial charge in [0.05, 0.1) is 0 Å². The minimum absolute atomic E-state index is 0.00574. The molecule has 0 heterocycles. The van der Waals surface area contributed by atoms with E-state index in [0.717, 1.165) is 12.8 Å². The second-order valence-electron chi connectivity index (χ2n) is 4.46. The average Bonchev–Trinajstić information content (AvgIpc) is 2.37. The molecule has 0 aliphatic heterocycles. The zero-order valence-corrected chi connectivity index (χ0v) is 12.1. The van der Waals surface area contributed by atoms with Gasteiger partial charge in [0.1, 0.15) is 17.3 Å². The van der Waals surface area contributed by atoms with E-state index in [0.29, 0.717) is 16.4 Å². The lowest BCUT2D eigenvalue weighted by Crippen LogP contribution is -2.20. The first-order chi connectivity index (χ1) is 9.02. The van der Waals surface area contributed by atoms with Gasteiger partial charge in [-0.2, -0.15) is 0 Å². The molecule has 0 aliphatic carbocycles. The maximum Gasteiger partial charge on any atom is 0.227 e. The van der Waals surface area contributed by atoms with E-state index in [1.54, 1.807) is 12.1 Å². The minimum atomic E-state index is 0.00574. The summed E-state index contributed by atoms with van der Waals surface area (Å²) in [5.74, 6) is 0.660. The number of rotatable bonds is 7. The highest BCUT2D eigenvalue weighted by Gasteiger charge is 2.11. The summed E-state index contributed by atoms with van der Waals surface area (Å²) in [6.45, 7) is 4.18. The van der Waals surface area contributed by atoms with Crippen LogP contribution in [0.3, 0.4) is 0 Å². The summed E-state index contributed by atoms with van der Waals surface area (Å²) >= 11 is 4.74. The van der Waals surface area contributed by atoms with Gasteiger partial charge in [-0.05, 0) is 18.6 Å². The quantitative estimate of drug-likeness (QED) is 0.754. The van der Waals surface area contributed by atoms with Gasteiger partial charge in [0, 0.05) is 17.7 Å². The number of amides is 1. The molecule has 104 valence electrons. The number of anilines is 1. The maximum atomic E-state index is 11.9. The number of benzene rings is 1. The summed E-state index contributed by atoms with van der Waals surface area (Å²) in [7, 11) is 0. The van der Waals surface area contributed by atoms with E-state index in [1.807, 2.05) is 19.1 Å². The number of carbonyl (C=O) groups excluding carboxylic acids is 1. The first-order valence-corrected chi connectivity index (χ1v) is 6.75. The summed E-state index contributed by atoms with van der Waals surface area (Å²) < 4.78 is 5.38. The summed E-state index contributed by atoms with van der Waals surface area (Å²) in [6, 6.07) is 7.19. The van der Waals surface area contributed by atoms with Crippen LogP contribution in [0.15, 0.2) is 24.3 Å². The van der Waals surface area contributed by atoms with Gasteiger partial charge in [0.2, 0.25) is 5.91 Å². The van der Waals surface area contributed by atoms with E-state index in [9.17, 15) is 4.79 Å². The van der Waals surface area contributed by atoms with Crippen LogP contribution in [0.2, 0.25) is 0 Å². The molecule has 5 heteroatoms. The molecule has 19 heavy (non-hydrogen) atoms. The van der Waals surface area contributed by atoms with Gasteiger partial charge in [-0.3, -0.25) is 4.79 Å². The van der Waals surface area contributed by atoms with Crippen molar-refractivity contribution < 1.29 is 9.53 Å². The van der Waals surface area contributed by atoms with Crippen molar-refractivity contribution in [2.24, 2.45) is 11.7 Å². The van der Waals surface area contributed by atoms with E-state index in [2.05, 4.69) is 12.2 Å². The second kappa shape index (κ2) is 7.74. The third-order valence-electron chi connectivity index (χ3n) is 2.65. The van der Waals surface area contributed by atoms with Crippen LogP contribution >= 0.6 is 12.2 Å². The van der Waals surface area contributed by atoms with Crippen molar-refractivity contribution in [1.82, 2.24) is 0 Å². The Morgan fingerprint density at radius 1 is 1.53 bits per heavy atom. The lowest BCUT2D eigenvalue weighted by atomic mass is 10.1. The summed E-state index contributed by atoms with van der Waals surface area (Å²) in [4.78, 5) is 12.2. The molecule has 3 N–H and O–H groups in total. The van der Waals surface area contributed by atoms with Gasteiger partial charge in [-0.1, -0.05) is 38.6 Å². The standard InChI is InChI=1S/C14H20N2O2S/c1-3-5-10(2)14(17)16-11-6-4-7-12(8-11)18-9-13(15)19/h4,6-8,10H,3,5,9H2,1-2H3,(H2,15,19)(H,16,17). The number of nitrogens with one attached hydrogen (secondary N) is 1. The molecule has 0 aromatic heterocycles. The van der Waals surface area contributed by atoms with Crippen LogP contribution in [-0.4, -0.2) is 17.5 Å². The first kappa shape index (κ1) is 15.4. The van der Waals surface area contributed by atoms with E-state index in [4.69, 9.17) is 22.7 Å². The van der Waals surface area contributed by atoms with Gasteiger partial charge >= 0.3 is 0 Å². The summed E-state index contributed by atoms with van der Waals surface area (Å²) in [5, 5.41) is 2.87. The van der Waals surface area contributed by atoms with Crippen LogP contribution in [0, 0.1) is 5.92 Å². The monoisotopic (exact) mass is 280 g/mol. The zero-order valence-electron chi connectivity index (χ0n) is 11.3. The van der Waals surface area contributed by atoms with Crippen LogP contribution in [-0.2, 0) is 4.79 Å². The zero-order chi connectivity index (χ0) is 14.3. The second-order valence-corrected chi connectivity index (χ2v) is 4.99. The SMILES string of the molecule is CCCC(C)C(=O)Nc1cccc(OCC(N)=S)c1. The number of hydrogen-bond donors (Lipinski definition) is 2. The highest BCUT2D eigenvalue weighted by atomic mass is 32.1. The average molecular weight is 280 g/mol. The topological polar surface area (TPSA) is 64.3 Å². The van der Waals surface area contributed by atoms with Crippen LogP contribution in [0.4, 0.5) is 5.69 Å². The maximum absolute atomic E-state index is 11.9. The van der Waals surface area contributed by atoms with E-state index in [1.165, 1.54) is 0 Å². The third kappa shape index (κ3) is 5.70. The predicted molar refractivity (Wildman–Crippen MR) is 81.4 cm³/mol. The van der Waals surface area contributed by atoms with E-state index >= 15 is 0 Å². The Bertz CT molecular complexity index is 449. The molecular weight excluding hydrogens is 260 g/mol. The molecule has 1 unspecified atom stereocenters. The Morgan fingerprint density at radius 2 is 2.26 bits per heavy atom. The number of ether oxygens (including phenoxy) is 1. The number of hydrogen-bond acceptors (Lipinski definition) is 3. The van der Waals surface area contributed by atoms with Crippen molar-refractivity contribution >= 4 is 28.8 Å². The summed E-state index contributed by atoms with van der Waals surface area (Å²) in [6.07, 6.45) is 1.87. The molecule has 1 aromatic rings. The van der Waals surface area contributed by atoms with Gasteiger partial charge < -0.3 is 15.8 Å².